The van der Waals surface area contributed by atoms with Crippen molar-refractivity contribution in [2.24, 2.45) is 0 Å². The SMILES string of the molecule is COc1cc(Nc2cc(F)c(F)cc2F)ccc1N. The number of nitrogens with one attached hydrogen (secondary N) is 1. The summed E-state index contributed by atoms with van der Waals surface area (Å²) < 4.78 is 44.3. The topological polar surface area (TPSA) is 47.3 Å². The Labute approximate surface area is 107 Å². The van der Waals surface area contributed by atoms with Gasteiger partial charge in [0, 0.05) is 23.9 Å². The molecule has 0 unspecified atom stereocenters. The van der Waals surface area contributed by atoms with E-state index in [1.54, 1.807) is 12.1 Å². The maximum atomic E-state index is 13.5. The summed E-state index contributed by atoms with van der Waals surface area (Å²) in [5, 5.41) is 2.62. The van der Waals surface area contributed by atoms with E-state index in [0.717, 1.165) is 6.07 Å². The van der Waals surface area contributed by atoms with Gasteiger partial charge in [-0.1, -0.05) is 0 Å². The molecule has 0 aliphatic heterocycles. The third-order valence-electron chi connectivity index (χ3n) is 2.52. The van der Waals surface area contributed by atoms with Crippen molar-refractivity contribution in [1.82, 2.24) is 0 Å². The number of nitrogen functional groups attached to an aromatic ring is 1. The zero-order valence-electron chi connectivity index (χ0n) is 10.0. The molecule has 0 aliphatic carbocycles. The first-order valence-corrected chi connectivity index (χ1v) is 5.36. The predicted octanol–water partition coefficient (Wildman–Crippen LogP) is 3.44. The molecule has 2 aromatic rings. The summed E-state index contributed by atoms with van der Waals surface area (Å²) in [6.07, 6.45) is 0. The van der Waals surface area contributed by atoms with E-state index in [1.807, 2.05) is 0 Å². The van der Waals surface area contributed by atoms with Gasteiger partial charge in [0.2, 0.25) is 0 Å². The average molecular weight is 268 g/mol. The molecule has 0 atom stereocenters. The number of hydrogen-bond donors (Lipinski definition) is 2. The Balaban J connectivity index is 2.33. The van der Waals surface area contributed by atoms with Crippen LogP contribution in [0.5, 0.6) is 5.75 Å². The third-order valence-corrected chi connectivity index (χ3v) is 2.52. The second kappa shape index (κ2) is 5.09. The summed E-state index contributed by atoms with van der Waals surface area (Å²) in [6.45, 7) is 0. The molecule has 100 valence electrons. The van der Waals surface area contributed by atoms with Crippen molar-refractivity contribution in [3.8, 4) is 5.75 Å². The fraction of sp³-hybridized carbons (Fsp3) is 0.0769. The molecule has 0 amide bonds. The summed E-state index contributed by atoms with van der Waals surface area (Å²) in [5.74, 6) is -2.87. The number of hydrogen-bond acceptors (Lipinski definition) is 3. The number of benzene rings is 2. The lowest BCUT2D eigenvalue weighted by Gasteiger charge is -2.11. The summed E-state index contributed by atoms with van der Waals surface area (Å²) in [4.78, 5) is 0. The number of rotatable bonds is 3. The Morgan fingerprint density at radius 3 is 2.37 bits per heavy atom. The van der Waals surface area contributed by atoms with Crippen molar-refractivity contribution in [3.05, 3.63) is 47.8 Å². The van der Waals surface area contributed by atoms with E-state index in [2.05, 4.69) is 5.32 Å². The quantitative estimate of drug-likeness (QED) is 0.662. The Hall–Kier alpha value is -2.37. The molecule has 0 aliphatic rings. The van der Waals surface area contributed by atoms with Gasteiger partial charge in [0.1, 0.15) is 11.6 Å². The second-order valence-corrected chi connectivity index (χ2v) is 3.83. The molecule has 3 nitrogen and oxygen atoms in total. The highest BCUT2D eigenvalue weighted by atomic mass is 19.2. The minimum Gasteiger partial charge on any atom is -0.495 e. The fourth-order valence-corrected chi connectivity index (χ4v) is 1.56. The van der Waals surface area contributed by atoms with Gasteiger partial charge in [-0.05, 0) is 12.1 Å². The van der Waals surface area contributed by atoms with Gasteiger partial charge in [0.05, 0.1) is 18.5 Å². The molecule has 0 heterocycles. The zero-order chi connectivity index (χ0) is 14.0. The Morgan fingerprint density at radius 1 is 1.00 bits per heavy atom. The van der Waals surface area contributed by atoms with Crippen LogP contribution < -0.4 is 15.8 Å². The molecule has 0 saturated carbocycles. The van der Waals surface area contributed by atoms with Crippen molar-refractivity contribution in [2.45, 2.75) is 0 Å². The second-order valence-electron chi connectivity index (χ2n) is 3.83. The molecule has 0 bridgehead atoms. The minimum atomic E-state index is -1.24. The number of ether oxygens (including phenoxy) is 1. The van der Waals surface area contributed by atoms with Gasteiger partial charge < -0.3 is 15.8 Å². The van der Waals surface area contributed by atoms with Crippen LogP contribution in [0, 0.1) is 17.5 Å². The van der Waals surface area contributed by atoms with Gasteiger partial charge in [-0.3, -0.25) is 0 Å². The molecule has 0 aromatic heterocycles. The minimum absolute atomic E-state index is 0.175. The molecule has 0 radical (unpaired) electrons. The predicted molar refractivity (Wildman–Crippen MR) is 67.0 cm³/mol. The summed E-state index contributed by atoms with van der Waals surface area (Å²) in [5.41, 5.74) is 6.31. The van der Waals surface area contributed by atoms with Crippen LogP contribution in [0.1, 0.15) is 0 Å². The number of methoxy groups -OCH3 is 1. The Bertz CT molecular complexity index is 617. The van der Waals surface area contributed by atoms with Crippen molar-refractivity contribution >= 4 is 17.1 Å². The number of nitrogens with two attached hydrogens (primary N) is 1. The molecular weight excluding hydrogens is 257 g/mol. The van der Waals surface area contributed by atoms with Crippen molar-refractivity contribution in [1.29, 1.82) is 0 Å². The van der Waals surface area contributed by atoms with E-state index in [9.17, 15) is 13.2 Å². The van der Waals surface area contributed by atoms with E-state index in [1.165, 1.54) is 13.2 Å². The zero-order valence-corrected chi connectivity index (χ0v) is 10.0. The normalized spacial score (nSPS) is 10.3. The molecular formula is C13H11F3N2O. The summed E-state index contributed by atoms with van der Waals surface area (Å²) in [7, 11) is 1.44. The van der Waals surface area contributed by atoms with Crippen molar-refractivity contribution in [2.75, 3.05) is 18.2 Å². The molecule has 6 heteroatoms. The lowest BCUT2D eigenvalue weighted by atomic mass is 10.2. The molecule has 3 N–H and O–H groups in total. The smallest absolute Gasteiger partial charge is 0.161 e. The molecule has 19 heavy (non-hydrogen) atoms. The van der Waals surface area contributed by atoms with Crippen LogP contribution in [0.15, 0.2) is 30.3 Å². The molecule has 2 aromatic carbocycles. The standard InChI is InChI=1S/C13H11F3N2O/c1-19-13-4-7(2-3-11(13)17)18-12-6-9(15)8(14)5-10(12)16/h2-6,18H,17H2,1H3. The van der Waals surface area contributed by atoms with Crippen LogP contribution in [0.25, 0.3) is 0 Å². The van der Waals surface area contributed by atoms with Gasteiger partial charge in [0.15, 0.2) is 11.6 Å². The van der Waals surface area contributed by atoms with Crippen LogP contribution in [-0.4, -0.2) is 7.11 Å². The molecule has 0 fully saturated rings. The lowest BCUT2D eigenvalue weighted by molar-refractivity contribution is 0.417. The van der Waals surface area contributed by atoms with Crippen LogP contribution in [0.4, 0.5) is 30.2 Å². The van der Waals surface area contributed by atoms with Gasteiger partial charge >= 0.3 is 0 Å². The van der Waals surface area contributed by atoms with Gasteiger partial charge in [-0.2, -0.15) is 0 Å². The monoisotopic (exact) mass is 268 g/mol. The van der Waals surface area contributed by atoms with Gasteiger partial charge in [-0.25, -0.2) is 13.2 Å². The van der Waals surface area contributed by atoms with E-state index < -0.39 is 17.5 Å². The fourth-order valence-electron chi connectivity index (χ4n) is 1.56. The van der Waals surface area contributed by atoms with Crippen LogP contribution in [0.2, 0.25) is 0 Å². The van der Waals surface area contributed by atoms with Gasteiger partial charge in [0.25, 0.3) is 0 Å². The highest BCUT2D eigenvalue weighted by Gasteiger charge is 2.10. The highest BCUT2D eigenvalue weighted by Crippen LogP contribution is 2.28. The van der Waals surface area contributed by atoms with Crippen LogP contribution in [-0.2, 0) is 0 Å². The van der Waals surface area contributed by atoms with Gasteiger partial charge in [-0.15, -0.1) is 0 Å². The molecule has 0 saturated heterocycles. The maximum Gasteiger partial charge on any atom is 0.161 e. The molecule has 2 rings (SSSR count). The lowest BCUT2D eigenvalue weighted by Crippen LogP contribution is -1.98. The average Bonchev–Trinajstić information content (AvgIpc) is 2.38. The van der Waals surface area contributed by atoms with Crippen LogP contribution >= 0.6 is 0 Å². The third kappa shape index (κ3) is 2.73. The summed E-state index contributed by atoms with van der Waals surface area (Å²) in [6, 6.07) is 5.87. The van der Waals surface area contributed by atoms with E-state index in [4.69, 9.17) is 10.5 Å². The first-order chi connectivity index (χ1) is 9.01. The first-order valence-electron chi connectivity index (χ1n) is 5.36. The first kappa shape index (κ1) is 13.1. The Morgan fingerprint density at radius 2 is 1.68 bits per heavy atom. The largest absolute Gasteiger partial charge is 0.495 e. The molecule has 0 spiro atoms. The van der Waals surface area contributed by atoms with Crippen molar-refractivity contribution in [3.63, 3.8) is 0 Å². The van der Waals surface area contributed by atoms with Crippen molar-refractivity contribution < 1.29 is 17.9 Å². The number of anilines is 3. The van der Waals surface area contributed by atoms with E-state index in [-0.39, 0.29) is 5.69 Å². The van der Waals surface area contributed by atoms with E-state index >= 15 is 0 Å². The number of halogens is 3. The van der Waals surface area contributed by atoms with Crippen LogP contribution in [0.3, 0.4) is 0 Å². The highest BCUT2D eigenvalue weighted by molar-refractivity contribution is 5.67. The van der Waals surface area contributed by atoms with E-state index in [0.29, 0.717) is 23.2 Å². The maximum absolute atomic E-state index is 13.5. The summed E-state index contributed by atoms with van der Waals surface area (Å²) >= 11 is 0. The Kier molecular flexibility index (Phi) is 3.50.